The van der Waals surface area contributed by atoms with Crippen molar-refractivity contribution in [2.75, 3.05) is 5.73 Å². The molecule has 6 aromatic rings. The van der Waals surface area contributed by atoms with Crippen LogP contribution in [0.4, 0.5) is 5.82 Å². The lowest BCUT2D eigenvalue weighted by Gasteiger charge is -2.10. The standard InChI is InChI=1S/C28H21ClN6O3S/c1-15-33-22-13-17(19-4-2-3-5-24(19)39(31,37)38)8-9-23(22)35(15)28(36)21-14-25(29)34-26(21)18-7-6-16-10-11-32-27(30)20(16)12-18/h2-14,34H,1H3,(H2,30,32)(H2,31,37,38). The number of sulfonamides is 1. The molecule has 0 atom stereocenters. The fourth-order valence-corrected chi connectivity index (χ4v) is 5.83. The van der Waals surface area contributed by atoms with Crippen LogP contribution < -0.4 is 10.9 Å². The number of aromatic nitrogens is 4. The molecule has 6 rings (SSSR count). The molecule has 0 radical (unpaired) electrons. The number of carbonyl (C=O) groups excluding carboxylic acids is 1. The van der Waals surface area contributed by atoms with Crippen molar-refractivity contribution < 1.29 is 13.2 Å². The molecule has 3 heterocycles. The summed E-state index contributed by atoms with van der Waals surface area (Å²) < 4.78 is 25.8. The number of nitrogens with two attached hydrogens (primary N) is 2. The van der Waals surface area contributed by atoms with Gasteiger partial charge < -0.3 is 10.7 Å². The Labute approximate surface area is 228 Å². The maximum Gasteiger partial charge on any atom is 0.266 e. The number of hydrogen-bond acceptors (Lipinski definition) is 6. The van der Waals surface area contributed by atoms with Crippen molar-refractivity contribution in [3.63, 3.8) is 0 Å². The third kappa shape index (κ3) is 4.24. The summed E-state index contributed by atoms with van der Waals surface area (Å²) in [6.45, 7) is 1.73. The molecule has 3 aromatic heterocycles. The molecule has 0 unspecified atom stereocenters. The highest BCUT2D eigenvalue weighted by Gasteiger charge is 2.23. The molecule has 0 bridgehead atoms. The molecular formula is C28H21ClN6O3S. The number of rotatable bonds is 4. The number of primary sulfonamides is 1. The zero-order chi connectivity index (χ0) is 27.5. The lowest BCUT2D eigenvalue weighted by molar-refractivity contribution is 0.0963. The SMILES string of the molecule is Cc1nc2cc(-c3ccccc3S(N)(=O)=O)ccc2n1C(=O)c1cc(Cl)[nH]c1-c1ccc2ccnc(N)c2c1. The van der Waals surface area contributed by atoms with Gasteiger partial charge in [-0.15, -0.1) is 0 Å². The normalized spacial score (nSPS) is 11.9. The minimum atomic E-state index is -3.94. The van der Waals surface area contributed by atoms with Gasteiger partial charge >= 0.3 is 0 Å². The van der Waals surface area contributed by atoms with Gasteiger partial charge in [-0.1, -0.05) is 48.0 Å². The molecule has 194 valence electrons. The lowest BCUT2D eigenvalue weighted by Crippen LogP contribution is -2.14. The highest BCUT2D eigenvalue weighted by molar-refractivity contribution is 7.89. The molecule has 0 saturated carbocycles. The maximum atomic E-state index is 13.9. The summed E-state index contributed by atoms with van der Waals surface area (Å²) in [5.41, 5.74) is 9.84. The quantitative estimate of drug-likeness (QED) is 0.274. The monoisotopic (exact) mass is 556 g/mol. The van der Waals surface area contributed by atoms with Crippen LogP contribution >= 0.6 is 11.6 Å². The number of benzene rings is 3. The number of carbonyl (C=O) groups is 1. The van der Waals surface area contributed by atoms with Gasteiger partial charge in [0.15, 0.2) is 0 Å². The molecule has 0 fully saturated rings. The molecule has 0 aliphatic carbocycles. The minimum Gasteiger partial charge on any atom is -0.383 e. The summed E-state index contributed by atoms with van der Waals surface area (Å²) in [7, 11) is -3.94. The van der Waals surface area contributed by atoms with Crippen LogP contribution in [0.1, 0.15) is 16.2 Å². The van der Waals surface area contributed by atoms with Crippen molar-refractivity contribution in [2.24, 2.45) is 5.14 Å². The van der Waals surface area contributed by atoms with Gasteiger partial charge in [0.05, 0.1) is 27.2 Å². The maximum absolute atomic E-state index is 13.9. The molecule has 0 saturated heterocycles. The number of aromatic amines is 1. The molecule has 9 nitrogen and oxygen atoms in total. The molecule has 0 aliphatic rings. The fraction of sp³-hybridized carbons (Fsp3) is 0.0357. The van der Waals surface area contributed by atoms with E-state index < -0.39 is 10.0 Å². The second kappa shape index (κ2) is 9.05. The van der Waals surface area contributed by atoms with E-state index in [0.29, 0.717) is 50.2 Å². The highest BCUT2D eigenvalue weighted by Crippen LogP contribution is 2.33. The largest absolute Gasteiger partial charge is 0.383 e. The molecule has 0 spiro atoms. The number of imidazole rings is 1. The molecule has 39 heavy (non-hydrogen) atoms. The molecule has 11 heteroatoms. The number of halogens is 1. The number of nitrogens with one attached hydrogen (secondary N) is 1. The summed E-state index contributed by atoms with van der Waals surface area (Å²) in [6.07, 6.45) is 1.64. The predicted octanol–water partition coefficient (Wildman–Crippen LogP) is 5.13. The van der Waals surface area contributed by atoms with E-state index in [1.165, 1.54) is 10.6 Å². The van der Waals surface area contributed by atoms with E-state index >= 15 is 0 Å². The number of nitrogen functional groups attached to an aromatic ring is 1. The van der Waals surface area contributed by atoms with Crippen LogP contribution in [0.5, 0.6) is 0 Å². The Balaban J connectivity index is 1.46. The fourth-order valence-electron chi connectivity index (χ4n) is 4.86. The average molecular weight is 557 g/mol. The Kier molecular flexibility index (Phi) is 5.76. The Bertz CT molecular complexity index is 2060. The van der Waals surface area contributed by atoms with Gasteiger partial charge in [0.1, 0.15) is 16.8 Å². The summed E-state index contributed by atoms with van der Waals surface area (Å²) in [6, 6.07) is 20.8. The third-order valence-corrected chi connectivity index (χ3v) is 7.80. The number of aryl methyl sites for hydroxylation is 1. The number of pyridine rings is 1. The first-order valence-corrected chi connectivity index (χ1v) is 13.7. The van der Waals surface area contributed by atoms with Gasteiger partial charge in [0.2, 0.25) is 10.0 Å². The van der Waals surface area contributed by atoms with Crippen LogP contribution in [0, 0.1) is 6.92 Å². The smallest absolute Gasteiger partial charge is 0.266 e. The van der Waals surface area contributed by atoms with E-state index in [-0.39, 0.29) is 10.8 Å². The lowest BCUT2D eigenvalue weighted by atomic mass is 10.0. The number of H-pyrrole nitrogens is 1. The zero-order valence-electron chi connectivity index (χ0n) is 20.5. The second-order valence-corrected chi connectivity index (χ2v) is 11.0. The summed E-state index contributed by atoms with van der Waals surface area (Å²) in [5, 5.41) is 7.41. The van der Waals surface area contributed by atoms with Crippen LogP contribution in [0.2, 0.25) is 5.15 Å². The molecule has 5 N–H and O–H groups in total. The van der Waals surface area contributed by atoms with Gasteiger partial charge in [-0.3, -0.25) is 9.36 Å². The van der Waals surface area contributed by atoms with Crippen molar-refractivity contribution in [2.45, 2.75) is 11.8 Å². The van der Waals surface area contributed by atoms with Crippen molar-refractivity contribution in [1.29, 1.82) is 0 Å². The number of anilines is 1. The van der Waals surface area contributed by atoms with Gasteiger partial charge in [-0.05, 0) is 59.8 Å². The minimum absolute atomic E-state index is 0.00871. The molecule has 3 aromatic carbocycles. The zero-order valence-corrected chi connectivity index (χ0v) is 22.1. The van der Waals surface area contributed by atoms with Crippen LogP contribution in [-0.2, 0) is 10.0 Å². The summed E-state index contributed by atoms with van der Waals surface area (Å²) in [5.74, 6) is 0.517. The first-order valence-electron chi connectivity index (χ1n) is 11.8. The van der Waals surface area contributed by atoms with Crippen molar-refractivity contribution in [3.8, 4) is 22.4 Å². The Morgan fingerprint density at radius 2 is 1.77 bits per heavy atom. The molecule has 0 aliphatic heterocycles. The highest BCUT2D eigenvalue weighted by atomic mass is 35.5. The summed E-state index contributed by atoms with van der Waals surface area (Å²) >= 11 is 6.34. The number of nitrogens with zero attached hydrogens (tertiary/aromatic N) is 3. The van der Waals surface area contributed by atoms with E-state index in [9.17, 15) is 13.2 Å². The van der Waals surface area contributed by atoms with E-state index in [2.05, 4.69) is 15.0 Å². The Morgan fingerprint density at radius 3 is 2.56 bits per heavy atom. The summed E-state index contributed by atoms with van der Waals surface area (Å²) in [4.78, 5) is 25.8. The third-order valence-electron chi connectivity index (χ3n) is 6.63. The van der Waals surface area contributed by atoms with Crippen LogP contribution in [-0.4, -0.2) is 33.8 Å². The van der Waals surface area contributed by atoms with Crippen LogP contribution in [0.15, 0.2) is 83.9 Å². The van der Waals surface area contributed by atoms with Gasteiger partial charge in [0, 0.05) is 17.1 Å². The van der Waals surface area contributed by atoms with Crippen molar-refractivity contribution in [1.82, 2.24) is 19.5 Å². The van der Waals surface area contributed by atoms with Crippen molar-refractivity contribution >= 4 is 55.2 Å². The van der Waals surface area contributed by atoms with E-state index in [1.54, 1.807) is 55.6 Å². The Morgan fingerprint density at radius 1 is 1.00 bits per heavy atom. The Hall–Kier alpha value is -4.51. The van der Waals surface area contributed by atoms with Crippen LogP contribution in [0.3, 0.4) is 0 Å². The molecular weight excluding hydrogens is 536 g/mol. The van der Waals surface area contributed by atoms with Gasteiger partial charge in [-0.2, -0.15) is 0 Å². The first kappa shape index (κ1) is 24.8. The average Bonchev–Trinajstić information content (AvgIpc) is 3.46. The topological polar surface area (TPSA) is 150 Å². The van der Waals surface area contributed by atoms with E-state index in [1.807, 2.05) is 24.3 Å². The van der Waals surface area contributed by atoms with Crippen molar-refractivity contribution in [3.05, 3.63) is 95.5 Å². The van der Waals surface area contributed by atoms with Crippen LogP contribution in [0.25, 0.3) is 44.2 Å². The van der Waals surface area contributed by atoms with E-state index in [0.717, 1.165) is 16.3 Å². The molecule has 0 amide bonds. The first-order chi connectivity index (χ1) is 18.6. The number of fused-ring (bicyclic) bond motifs is 2. The second-order valence-electron chi connectivity index (χ2n) is 9.08. The van der Waals surface area contributed by atoms with Gasteiger partial charge in [-0.25, -0.2) is 23.5 Å². The number of hydrogen-bond donors (Lipinski definition) is 3. The predicted molar refractivity (Wildman–Crippen MR) is 152 cm³/mol. The van der Waals surface area contributed by atoms with Gasteiger partial charge in [0.25, 0.3) is 5.91 Å². The van der Waals surface area contributed by atoms with E-state index in [4.69, 9.17) is 22.5 Å².